The number of amides is 1. The minimum absolute atomic E-state index is 0.0289. The maximum atomic E-state index is 14.0. The topological polar surface area (TPSA) is 20.3 Å². The van der Waals surface area contributed by atoms with Gasteiger partial charge in [0.25, 0.3) is 5.91 Å². The lowest BCUT2D eigenvalue weighted by atomic mass is 9.65. The summed E-state index contributed by atoms with van der Waals surface area (Å²) in [5.41, 5.74) is 2.81. The molecular weight excluding hydrogens is 422 g/mol. The van der Waals surface area contributed by atoms with Gasteiger partial charge in [-0.25, -0.2) is 0 Å². The smallest absolute Gasteiger partial charge is 0.270 e. The van der Waals surface area contributed by atoms with Crippen LogP contribution in [0.2, 0.25) is 5.02 Å². The number of carbonyl (C=O) groups is 1. The molecule has 5 rings (SSSR count). The molecule has 0 aliphatic carbocycles. The van der Waals surface area contributed by atoms with E-state index in [1.807, 2.05) is 41.3 Å². The van der Waals surface area contributed by atoms with Crippen LogP contribution in [0.1, 0.15) is 48.0 Å². The van der Waals surface area contributed by atoms with E-state index in [1.54, 1.807) is 0 Å². The molecule has 1 amide bonds. The number of halogens is 1. The van der Waals surface area contributed by atoms with Crippen molar-refractivity contribution >= 4 is 44.6 Å². The first-order chi connectivity index (χ1) is 14.8. The minimum Gasteiger partial charge on any atom is -0.302 e. The first kappa shape index (κ1) is 20.3. The molecule has 0 N–H and O–H groups in total. The molecule has 4 aromatic rings. The number of fused-ring (bicyclic) bond motifs is 2. The lowest BCUT2D eigenvalue weighted by Crippen LogP contribution is -2.55. The maximum Gasteiger partial charge on any atom is 0.270 e. The molecule has 1 aliphatic rings. The van der Waals surface area contributed by atoms with Gasteiger partial charge in [0.2, 0.25) is 0 Å². The molecule has 0 spiro atoms. The van der Waals surface area contributed by atoms with Gasteiger partial charge in [-0.05, 0) is 43.5 Å². The molecule has 1 aliphatic heterocycles. The van der Waals surface area contributed by atoms with E-state index in [2.05, 4.69) is 63.2 Å². The Balaban J connectivity index is 1.69. The molecule has 0 saturated heterocycles. The number of thiophene rings is 1. The lowest BCUT2D eigenvalue weighted by molar-refractivity contribution is 0.0953. The third kappa shape index (κ3) is 3.10. The molecule has 0 bridgehead atoms. The molecule has 0 unspecified atom stereocenters. The summed E-state index contributed by atoms with van der Waals surface area (Å²) in [5.74, 6) is -0.0289. The predicted molar refractivity (Wildman–Crippen MR) is 132 cm³/mol. The lowest BCUT2D eigenvalue weighted by Gasteiger charge is -2.51. The van der Waals surface area contributed by atoms with Crippen LogP contribution in [0.25, 0.3) is 10.1 Å². The fourth-order valence-electron chi connectivity index (χ4n) is 5.20. The number of para-hydroxylation sites is 1. The second-order valence-corrected chi connectivity index (χ2v) is 10.5. The van der Waals surface area contributed by atoms with Crippen LogP contribution in [0.15, 0.2) is 78.9 Å². The molecule has 4 heteroatoms. The number of hydrogen-bond donors (Lipinski definition) is 0. The standard InChI is InChI=1S/C27H24ClNOS/c1-26(2)17-27(3,18-11-5-4-6-12-18)20-14-8-9-15-21(20)29(26)25(30)24-23(28)19-13-7-10-16-22(19)31-24/h4-16H,17H2,1-3H3/t27-/m0/s1. The van der Waals surface area contributed by atoms with Crippen LogP contribution < -0.4 is 4.90 Å². The second kappa shape index (κ2) is 7.22. The third-order valence-corrected chi connectivity index (χ3v) is 8.14. The first-order valence-corrected chi connectivity index (χ1v) is 11.7. The highest BCUT2D eigenvalue weighted by atomic mass is 35.5. The number of anilines is 1. The van der Waals surface area contributed by atoms with Crippen molar-refractivity contribution in [3.8, 4) is 0 Å². The van der Waals surface area contributed by atoms with E-state index in [1.165, 1.54) is 22.5 Å². The van der Waals surface area contributed by atoms with Crippen molar-refractivity contribution in [1.29, 1.82) is 0 Å². The van der Waals surface area contributed by atoms with E-state index in [9.17, 15) is 4.79 Å². The second-order valence-electron chi connectivity index (χ2n) is 9.09. The number of hydrogen-bond acceptors (Lipinski definition) is 2. The minimum atomic E-state index is -0.393. The van der Waals surface area contributed by atoms with Crippen LogP contribution >= 0.6 is 22.9 Å². The molecule has 0 radical (unpaired) electrons. The molecule has 0 saturated carbocycles. The quantitative estimate of drug-likeness (QED) is 0.309. The Kier molecular flexibility index (Phi) is 4.72. The van der Waals surface area contributed by atoms with E-state index < -0.39 is 5.54 Å². The zero-order valence-electron chi connectivity index (χ0n) is 17.9. The summed E-state index contributed by atoms with van der Waals surface area (Å²) in [7, 11) is 0. The zero-order chi connectivity index (χ0) is 21.8. The summed E-state index contributed by atoms with van der Waals surface area (Å²) in [6.45, 7) is 6.60. The Morgan fingerprint density at radius 1 is 0.903 bits per heavy atom. The predicted octanol–water partition coefficient (Wildman–Crippen LogP) is 7.69. The molecule has 2 nitrogen and oxygen atoms in total. The van der Waals surface area contributed by atoms with Crippen molar-refractivity contribution in [2.24, 2.45) is 0 Å². The fraction of sp³-hybridized carbons (Fsp3) is 0.222. The average Bonchev–Trinajstić information content (AvgIpc) is 3.10. The first-order valence-electron chi connectivity index (χ1n) is 10.5. The van der Waals surface area contributed by atoms with Gasteiger partial charge >= 0.3 is 0 Å². The van der Waals surface area contributed by atoms with Gasteiger partial charge in [0.1, 0.15) is 4.88 Å². The van der Waals surface area contributed by atoms with Crippen LogP contribution in [0, 0.1) is 0 Å². The molecule has 2 heterocycles. The molecule has 156 valence electrons. The van der Waals surface area contributed by atoms with Crippen molar-refractivity contribution in [3.05, 3.63) is 99.9 Å². The highest BCUT2D eigenvalue weighted by Crippen LogP contribution is 2.51. The fourth-order valence-corrected chi connectivity index (χ4v) is 6.64. The van der Waals surface area contributed by atoms with Crippen molar-refractivity contribution in [2.45, 2.75) is 38.1 Å². The van der Waals surface area contributed by atoms with Crippen LogP contribution in [-0.4, -0.2) is 11.4 Å². The summed E-state index contributed by atoms with van der Waals surface area (Å²) in [6, 6.07) is 26.8. The normalized spacial score (nSPS) is 19.9. The van der Waals surface area contributed by atoms with Gasteiger partial charge in [-0.15, -0.1) is 11.3 Å². The molecule has 1 atom stereocenters. The van der Waals surface area contributed by atoms with E-state index >= 15 is 0 Å². The third-order valence-electron chi connectivity index (χ3n) is 6.47. The number of benzene rings is 3. The van der Waals surface area contributed by atoms with Crippen molar-refractivity contribution in [1.82, 2.24) is 0 Å². The van der Waals surface area contributed by atoms with Crippen molar-refractivity contribution in [2.75, 3.05) is 4.90 Å². The van der Waals surface area contributed by atoms with Gasteiger partial charge in [0.05, 0.1) is 5.02 Å². The Labute approximate surface area is 192 Å². The summed E-state index contributed by atoms with van der Waals surface area (Å²) in [5, 5.41) is 1.49. The van der Waals surface area contributed by atoms with Crippen LogP contribution in [-0.2, 0) is 5.41 Å². The van der Waals surface area contributed by atoms with Crippen LogP contribution in [0.3, 0.4) is 0 Å². The maximum absolute atomic E-state index is 14.0. The Morgan fingerprint density at radius 3 is 2.29 bits per heavy atom. The molecule has 31 heavy (non-hydrogen) atoms. The SMILES string of the molecule is CC1(C)C[C@@](C)(c2ccccc2)c2ccccc2N1C(=O)c1sc2ccccc2c1Cl. The van der Waals surface area contributed by atoms with Gasteiger partial charge < -0.3 is 4.90 Å². The monoisotopic (exact) mass is 445 g/mol. The van der Waals surface area contributed by atoms with Gasteiger partial charge in [-0.3, -0.25) is 4.79 Å². The van der Waals surface area contributed by atoms with Crippen molar-refractivity contribution < 1.29 is 4.79 Å². The molecule has 1 aromatic heterocycles. The largest absolute Gasteiger partial charge is 0.302 e. The molecule has 0 fully saturated rings. The Morgan fingerprint density at radius 2 is 1.55 bits per heavy atom. The van der Waals surface area contributed by atoms with Crippen LogP contribution in [0.5, 0.6) is 0 Å². The van der Waals surface area contributed by atoms with Gasteiger partial charge in [0, 0.05) is 26.7 Å². The summed E-state index contributed by atoms with van der Waals surface area (Å²) in [4.78, 5) is 16.5. The molecule has 3 aromatic carbocycles. The van der Waals surface area contributed by atoms with Gasteiger partial charge in [-0.1, -0.05) is 85.3 Å². The summed E-state index contributed by atoms with van der Waals surface area (Å²) in [6.07, 6.45) is 0.815. The van der Waals surface area contributed by atoms with E-state index in [0.29, 0.717) is 9.90 Å². The average molecular weight is 446 g/mol. The van der Waals surface area contributed by atoms with E-state index in [-0.39, 0.29) is 11.3 Å². The number of nitrogens with zero attached hydrogens (tertiary/aromatic N) is 1. The summed E-state index contributed by atoms with van der Waals surface area (Å²) >= 11 is 8.18. The van der Waals surface area contributed by atoms with Crippen LogP contribution in [0.4, 0.5) is 5.69 Å². The van der Waals surface area contributed by atoms with E-state index in [0.717, 1.165) is 22.2 Å². The number of rotatable bonds is 2. The highest BCUT2D eigenvalue weighted by Gasteiger charge is 2.48. The Hall–Kier alpha value is -2.62. The summed E-state index contributed by atoms with van der Waals surface area (Å²) < 4.78 is 1.04. The highest BCUT2D eigenvalue weighted by molar-refractivity contribution is 7.21. The molecular formula is C27H24ClNOS. The van der Waals surface area contributed by atoms with Gasteiger partial charge in [-0.2, -0.15) is 0 Å². The zero-order valence-corrected chi connectivity index (χ0v) is 19.4. The van der Waals surface area contributed by atoms with Crippen molar-refractivity contribution in [3.63, 3.8) is 0 Å². The number of carbonyl (C=O) groups excluding carboxylic acids is 1. The van der Waals surface area contributed by atoms with Gasteiger partial charge in [0.15, 0.2) is 0 Å². The Bertz CT molecular complexity index is 1290. The van der Waals surface area contributed by atoms with E-state index in [4.69, 9.17) is 11.6 Å².